The monoisotopic (exact) mass is 460 g/mol. The van der Waals surface area contributed by atoms with E-state index in [1.807, 2.05) is 0 Å². The number of aryl methyl sites for hydroxylation is 2. The van der Waals surface area contributed by atoms with E-state index in [9.17, 15) is 22.0 Å². The minimum absolute atomic E-state index is 0.0316. The smallest absolute Gasteiger partial charge is 0.346 e. The van der Waals surface area contributed by atoms with Crippen LogP contribution in [0.4, 0.5) is 25.2 Å². The molecule has 0 N–H and O–H groups in total. The number of halogens is 2. The zero-order chi connectivity index (χ0) is 23.2. The predicted octanol–water partition coefficient (Wildman–Crippen LogP) is 3.72. The van der Waals surface area contributed by atoms with Crippen molar-refractivity contribution in [3.05, 3.63) is 71.1 Å². The average Bonchev–Trinajstić information content (AvgIpc) is 2.71. The molecular formula is C21H18F2N4O4S. The number of pyridine rings is 2. The van der Waals surface area contributed by atoms with Crippen molar-refractivity contribution < 1.29 is 26.7 Å². The summed E-state index contributed by atoms with van der Waals surface area (Å²) < 4.78 is 61.2. The van der Waals surface area contributed by atoms with Gasteiger partial charge in [0.15, 0.2) is 11.6 Å². The normalized spacial score (nSPS) is 15.0. The van der Waals surface area contributed by atoms with E-state index in [1.54, 1.807) is 19.9 Å². The Bertz CT molecular complexity index is 1300. The van der Waals surface area contributed by atoms with Crippen molar-refractivity contribution in [2.45, 2.75) is 25.3 Å². The van der Waals surface area contributed by atoms with E-state index in [0.29, 0.717) is 15.6 Å². The molecule has 0 bridgehead atoms. The lowest BCUT2D eigenvalue weighted by Gasteiger charge is -2.35. The average molecular weight is 460 g/mol. The van der Waals surface area contributed by atoms with Gasteiger partial charge in [0.05, 0.1) is 13.7 Å². The Morgan fingerprint density at radius 2 is 1.78 bits per heavy atom. The molecule has 2 aromatic heterocycles. The predicted molar refractivity (Wildman–Crippen MR) is 112 cm³/mol. The third-order valence-corrected chi connectivity index (χ3v) is 6.59. The molecule has 3 aromatic rings. The highest BCUT2D eigenvalue weighted by Crippen LogP contribution is 2.37. The topological polar surface area (TPSA) is 92.7 Å². The van der Waals surface area contributed by atoms with Crippen LogP contribution in [0.2, 0.25) is 0 Å². The minimum atomic E-state index is -4.37. The molecular weight excluding hydrogens is 442 g/mol. The van der Waals surface area contributed by atoms with Gasteiger partial charge in [0.2, 0.25) is 0 Å². The van der Waals surface area contributed by atoms with Crippen molar-refractivity contribution in [3.63, 3.8) is 0 Å². The first-order chi connectivity index (χ1) is 15.1. The van der Waals surface area contributed by atoms with Crippen molar-refractivity contribution >= 4 is 27.7 Å². The highest BCUT2D eigenvalue weighted by atomic mass is 32.2. The number of amides is 2. The van der Waals surface area contributed by atoms with Gasteiger partial charge < -0.3 is 4.74 Å². The van der Waals surface area contributed by atoms with Crippen LogP contribution in [0.3, 0.4) is 0 Å². The number of fused-ring (bicyclic) bond motifs is 1. The Labute approximate surface area is 183 Å². The number of sulfonamides is 1. The number of nitrogens with zero attached hydrogens (tertiary/aromatic N) is 4. The van der Waals surface area contributed by atoms with Gasteiger partial charge in [0, 0.05) is 29.6 Å². The molecule has 0 radical (unpaired) electrons. The second kappa shape index (κ2) is 7.83. The fraction of sp³-hybridized carbons (Fsp3) is 0.190. The van der Waals surface area contributed by atoms with E-state index in [1.165, 1.54) is 31.5 Å². The summed E-state index contributed by atoms with van der Waals surface area (Å²) in [6, 6.07) is 6.73. The number of methoxy groups -OCH3 is 1. The van der Waals surface area contributed by atoms with Crippen LogP contribution in [0.5, 0.6) is 5.75 Å². The molecule has 1 aliphatic rings. The van der Waals surface area contributed by atoms with Gasteiger partial charge in [-0.3, -0.25) is 4.90 Å². The number of carbonyl (C=O) groups excluding carboxylic acids is 1. The number of hydrogen-bond donors (Lipinski definition) is 0. The van der Waals surface area contributed by atoms with Gasteiger partial charge in [-0.15, -0.1) is 0 Å². The minimum Gasteiger partial charge on any atom is -0.497 e. The number of anilines is 2. The van der Waals surface area contributed by atoms with Gasteiger partial charge in [-0.05, 0) is 43.7 Å². The number of urea groups is 1. The van der Waals surface area contributed by atoms with Gasteiger partial charge in [0.1, 0.15) is 22.3 Å². The molecule has 0 atom stereocenters. The number of benzene rings is 1. The van der Waals surface area contributed by atoms with Crippen LogP contribution in [-0.4, -0.2) is 31.5 Å². The molecule has 11 heteroatoms. The summed E-state index contributed by atoms with van der Waals surface area (Å²) in [6.07, 6.45) is 1.29. The molecule has 166 valence electrons. The van der Waals surface area contributed by atoms with Crippen LogP contribution >= 0.6 is 0 Å². The maximum atomic E-state index is 14.6. The quantitative estimate of drug-likeness (QED) is 0.589. The lowest BCUT2D eigenvalue weighted by molar-refractivity contribution is 0.253. The van der Waals surface area contributed by atoms with Crippen molar-refractivity contribution in [2.24, 2.45) is 0 Å². The van der Waals surface area contributed by atoms with Crippen LogP contribution in [0.15, 0.2) is 47.5 Å². The fourth-order valence-electron chi connectivity index (χ4n) is 3.48. The maximum absolute atomic E-state index is 14.6. The molecule has 0 spiro atoms. The zero-order valence-corrected chi connectivity index (χ0v) is 18.2. The maximum Gasteiger partial charge on any atom is 0.346 e. The number of hydrogen-bond acceptors (Lipinski definition) is 6. The van der Waals surface area contributed by atoms with Crippen molar-refractivity contribution in [3.8, 4) is 5.75 Å². The molecule has 0 saturated heterocycles. The number of ether oxygens (including phenoxy) is 1. The third kappa shape index (κ3) is 3.54. The second-order valence-corrected chi connectivity index (χ2v) is 8.93. The fourth-order valence-corrected chi connectivity index (χ4v) is 4.97. The summed E-state index contributed by atoms with van der Waals surface area (Å²) in [6.45, 7) is 2.79. The van der Waals surface area contributed by atoms with Gasteiger partial charge >= 0.3 is 6.03 Å². The lowest BCUT2D eigenvalue weighted by Crippen LogP contribution is -2.51. The largest absolute Gasteiger partial charge is 0.497 e. The molecule has 1 aliphatic heterocycles. The highest BCUT2D eigenvalue weighted by molar-refractivity contribution is 7.94. The first-order valence-corrected chi connectivity index (χ1v) is 10.9. The second-order valence-electron chi connectivity index (χ2n) is 7.18. The zero-order valence-electron chi connectivity index (χ0n) is 17.3. The summed E-state index contributed by atoms with van der Waals surface area (Å²) in [7, 11) is -3.10. The Balaban J connectivity index is 1.89. The van der Waals surface area contributed by atoms with E-state index < -0.39 is 39.8 Å². The Morgan fingerprint density at radius 1 is 1.09 bits per heavy atom. The van der Waals surface area contributed by atoms with Crippen LogP contribution in [-0.2, 0) is 16.6 Å². The van der Waals surface area contributed by atoms with E-state index in [2.05, 4.69) is 9.97 Å². The van der Waals surface area contributed by atoms with Crippen LogP contribution in [0.25, 0.3) is 0 Å². The van der Waals surface area contributed by atoms with Crippen molar-refractivity contribution in [2.75, 3.05) is 16.3 Å². The Hall–Kier alpha value is -3.60. The van der Waals surface area contributed by atoms with Gasteiger partial charge in [-0.2, -0.15) is 4.31 Å². The highest BCUT2D eigenvalue weighted by Gasteiger charge is 2.44. The van der Waals surface area contributed by atoms with Crippen LogP contribution in [0, 0.1) is 25.5 Å². The molecule has 32 heavy (non-hydrogen) atoms. The van der Waals surface area contributed by atoms with Gasteiger partial charge in [-0.25, -0.2) is 32.0 Å². The SMILES string of the molecule is COc1cc(F)c(CN2C(=O)N(c3cc(C)cc(C)n3)S(=O)(=O)c3cccnc32)c(F)c1. The summed E-state index contributed by atoms with van der Waals surface area (Å²) in [5.41, 5.74) is 0.744. The van der Waals surface area contributed by atoms with E-state index in [0.717, 1.165) is 17.0 Å². The molecule has 4 rings (SSSR count). The Morgan fingerprint density at radius 3 is 2.41 bits per heavy atom. The molecule has 1 aromatic carbocycles. The van der Waals surface area contributed by atoms with Crippen LogP contribution in [0.1, 0.15) is 16.8 Å². The van der Waals surface area contributed by atoms with Gasteiger partial charge in [-0.1, -0.05) is 0 Å². The molecule has 0 aliphatic carbocycles. The van der Waals surface area contributed by atoms with Crippen LogP contribution < -0.4 is 13.9 Å². The molecule has 3 heterocycles. The summed E-state index contributed by atoms with van der Waals surface area (Å²) >= 11 is 0. The molecule has 0 saturated carbocycles. The summed E-state index contributed by atoms with van der Waals surface area (Å²) in [5, 5.41) is 0. The summed E-state index contributed by atoms with van der Waals surface area (Å²) in [5.74, 6) is -2.28. The van der Waals surface area contributed by atoms with E-state index >= 15 is 0 Å². The van der Waals surface area contributed by atoms with E-state index in [-0.39, 0.29) is 22.3 Å². The van der Waals surface area contributed by atoms with Gasteiger partial charge in [0.25, 0.3) is 10.0 Å². The standard InChI is InChI=1S/C21H18F2N4O4S/c1-12-7-13(2)25-19(8-12)27-21(28)26(20-18(32(27,29)30)5-4-6-24-20)11-15-16(22)9-14(31-3)10-17(15)23/h4-10H,11H2,1-3H3. The third-order valence-electron chi connectivity index (χ3n) is 4.89. The number of rotatable bonds is 4. The Kier molecular flexibility index (Phi) is 5.29. The van der Waals surface area contributed by atoms with Crippen molar-refractivity contribution in [1.82, 2.24) is 9.97 Å². The van der Waals surface area contributed by atoms with Crippen molar-refractivity contribution in [1.29, 1.82) is 0 Å². The molecule has 8 nitrogen and oxygen atoms in total. The first-order valence-electron chi connectivity index (χ1n) is 9.42. The van der Waals surface area contributed by atoms with E-state index in [4.69, 9.17) is 4.74 Å². The molecule has 2 amide bonds. The first kappa shape index (κ1) is 21.6. The lowest BCUT2D eigenvalue weighted by atomic mass is 10.1. The number of carbonyl (C=O) groups is 1. The number of aromatic nitrogens is 2. The molecule has 0 unspecified atom stereocenters. The summed E-state index contributed by atoms with van der Waals surface area (Å²) in [4.78, 5) is 22.2. The molecule has 0 fully saturated rings.